The second-order valence-corrected chi connectivity index (χ2v) is 6.04. The lowest BCUT2D eigenvalue weighted by molar-refractivity contribution is 0.607. The van der Waals surface area contributed by atoms with Crippen molar-refractivity contribution in [3.05, 3.63) is 29.1 Å². The topological polar surface area (TPSA) is 63.8 Å². The first-order chi connectivity index (χ1) is 10.7. The number of aryl methyl sites for hydroxylation is 2. The van der Waals surface area contributed by atoms with E-state index in [0.29, 0.717) is 0 Å². The van der Waals surface area contributed by atoms with Gasteiger partial charge in [0.25, 0.3) is 0 Å². The van der Waals surface area contributed by atoms with Crippen LogP contribution in [0.25, 0.3) is 11.0 Å². The van der Waals surface area contributed by atoms with E-state index in [0.717, 1.165) is 34.5 Å². The van der Waals surface area contributed by atoms with Crippen molar-refractivity contribution in [2.75, 3.05) is 5.43 Å². The summed E-state index contributed by atoms with van der Waals surface area (Å²) in [6, 6.07) is 4.07. The van der Waals surface area contributed by atoms with E-state index in [1.807, 2.05) is 13.0 Å². The molecule has 2 aromatic heterocycles. The summed E-state index contributed by atoms with van der Waals surface area (Å²) in [4.78, 5) is 9.18. The minimum atomic E-state index is 0.775. The molecule has 2 aromatic rings. The number of anilines is 1. The molecule has 0 aliphatic rings. The molecule has 0 saturated heterocycles. The average Bonchev–Trinajstić information content (AvgIpc) is 2.50. The van der Waals surface area contributed by atoms with Gasteiger partial charge in [-0.05, 0) is 44.4 Å². The second kappa shape index (κ2) is 8.08. The third kappa shape index (κ3) is 3.95. The van der Waals surface area contributed by atoms with Gasteiger partial charge < -0.3 is 5.43 Å². The number of pyridine rings is 2. The Morgan fingerprint density at radius 2 is 1.73 bits per heavy atom. The fraction of sp³-hybridized carbons (Fsp3) is 0.556. The molecular formula is C18H28N4. The quantitative estimate of drug-likeness (QED) is 0.430. The summed E-state index contributed by atoms with van der Waals surface area (Å²) in [5.41, 5.74) is 7.89. The molecule has 0 bridgehead atoms. The molecular weight excluding hydrogens is 272 g/mol. The van der Waals surface area contributed by atoms with Crippen LogP contribution in [0.15, 0.2) is 12.1 Å². The molecule has 0 saturated carbocycles. The summed E-state index contributed by atoms with van der Waals surface area (Å²) < 4.78 is 0. The van der Waals surface area contributed by atoms with Crippen molar-refractivity contribution >= 4 is 16.7 Å². The van der Waals surface area contributed by atoms with Crippen LogP contribution in [-0.4, -0.2) is 9.97 Å². The van der Waals surface area contributed by atoms with Crippen LogP contribution in [0.1, 0.15) is 62.4 Å². The smallest absolute Gasteiger partial charge is 0.161 e. The van der Waals surface area contributed by atoms with Crippen LogP contribution >= 0.6 is 0 Å². The Balaban J connectivity index is 2.15. The van der Waals surface area contributed by atoms with E-state index >= 15 is 0 Å². The summed E-state index contributed by atoms with van der Waals surface area (Å²) in [5.74, 6) is 5.79. The maximum Gasteiger partial charge on any atom is 0.161 e. The highest BCUT2D eigenvalue weighted by Crippen LogP contribution is 2.28. The molecule has 0 amide bonds. The Kier molecular flexibility index (Phi) is 6.13. The van der Waals surface area contributed by atoms with Gasteiger partial charge in [-0.25, -0.2) is 9.97 Å². The lowest BCUT2D eigenvalue weighted by Gasteiger charge is -2.14. The number of nitrogen functional groups attached to an aromatic ring is 1. The SMILES string of the molecule is CCCCCCCCc1c(C)nc2nc(C)ccc2c1NN. The molecule has 120 valence electrons. The predicted octanol–water partition coefficient (Wildman–Crippen LogP) is 4.44. The minimum Gasteiger partial charge on any atom is -0.323 e. The lowest BCUT2D eigenvalue weighted by Crippen LogP contribution is -2.12. The van der Waals surface area contributed by atoms with Crippen molar-refractivity contribution in [2.24, 2.45) is 5.84 Å². The highest BCUT2D eigenvalue weighted by Gasteiger charge is 2.12. The zero-order chi connectivity index (χ0) is 15.9. The van der Waals surface area contributed by atoms with E-state index < -0.39 is 0 Å². The van der Waals surface area contributed by atoms with E-state index in [1.165, 1.54) is 44.1 Å². The fourth-order valence-electron chi connectivity index (χ4n) is 2.95. The van der Waals surface area contributed by atoms with E-state index in [-0.39, 0.29) is 0 Å². The van der Waals surface area contributed by atoms with Crippen molar-refractivity contribution in [2.45, 2.75) is 65.7 Å². The molecule has 0 atom stereocenters. The highest BCUT2D eigenvalue weighted by molar-refractivity contribution is 5.91. The Labute approximate surface area is 133 Å². The number of nitrogens with one attached hydrogen (secondary N) is 1. The molecule has 2 heterocycles. The van der Waals surface area contributed by atoms with Crippen LogP contribution in [-0.2, 0) is 6.42 Å². The van der Waals surface area contributed by atoms with Crippen molar-refractivity contribution in [3.8, 4) is 0 Å². The summed E-state index contributed by atoms with van der Waals surface area (Å²) in [6.45, 7) is 6.28. The normalized spacial score (nSPS) is 11.1. The van der Waals surface area contributed by atoms with Gasteiger partial charge in [-0.1, -0.05) is 39.0 Å². The summed E-state index contributed by atoms with van der Waals surface area (Å²) in [6.07, 6.45) is 8.78. The lowest BCUT2D eigenvalue weighted by atomic mass is 10.0. The molecule has 2 rings (SSSR count). The number of aromatic nitrogens is 2. The van der Waals surface area contributed by atoms with Crippen LogP contribution in [0.4, 0.5) is 5.69 Å². The highest BCUT2D eigenvalue weighted by atomic mass is 15.2. The minimum absolute atomic E-state index is 0.775. The zero-order valence-corrected chi connectivity index (χ0v) is 14.1. The van der Waals surface area contributed by atoms with E-state index in [4.69, 9.17) is 5.84 Å². The number of nitrogens with zero attached hydrogens (tertiary/aromatic N) is 2. The summed E-state index contributed by atoms with van der Waals surface area (Å²) in [5, 5.41) is 1.01. The molecule has 3 N–H and O–H groups in total. The van der Waals surface area contributed by atoms with Crippen LogP contribution in [0.3, 0.4) is 0 Å². The number of hydrazine groups is 1. The van der Waals surface area contributed by atoms with Gasteiger partial charge in [-0.15, -0.1) is 0 Å². The molecule has 0 fully saturated rings. The van der Waals surface area contributed by atoms with Crippen LogP contribution < -0.4 is 11.3 Å². The van der Waals surface area contributed by atoms with Gasteiger partial charge in [-0.3, -0.25) is 5.84 Å². The van der Waals surface area contributed by atoms with Gasteiger partial charge >= 0.3 is 0 Å². The molecule has 0 spiro atoms. The molecule has 4 heteroatoms. The first-order valence-electron chi connectivity index (χ1n) is 8.40. The van der Waals surface area contributed by atoms with E-state index in [9.17, 15) is 0 Å². The molecule has 0 aliphatic heterocycles. The third-order valence-electron chi connectivity index (χ3n) is 4.22. The Hall–Kier alpha value is -1.68. The van der Waals surface area contributed by atoms with Crippen molar-refractivity contribution in [1.29, 1.82) is 0 Å². The number of hydrogen-bond acceptors (Lipinski definition) is 4. The zero-order valence-electron chi connectivity index (χ0n) is 14.1. The molecule has 0 unspecified atom stereocenters. The first kappa shape index (κ1) is 16.7. The first-order valence-corrected chi connectivity index (χ1v) is 8.40. The Morgan fingerprint density at radius 1 is 1.00 bits per heavy atom. The van der Waals surface area contributed by atoms with Gasteiger partial charge in [0.05, 0.1) is 5.69 Å². The summed E-state index contributed by atoms with van der Waals surface area (Å²) in [7, 11) is 0. The van der Waals surface area contributed by atoms with Gasteiger partial charge in [-0.2, -0.15) is 0 Å². The number of hydrogen-bond donors (Lipinski definition) is 2. The molecule has 0 radical (unpaired) electrons. The van der Waals surface area contributed by atoms with Crippen LogP contribution in [0.5, 0.6) is 0 Å². The number of fused-ring (bicyclic) bond motifs is 1. The Bertz CT molecular complexity index is 622. The van der Waals surface area contributed by atoms with Gasteiger partial charge in [0.15, 0.2) is 5.65 Å². The molecule has 0 aliphatic carbocycles. The van der Waals surface area contributed by atoms with Crippen molar-refractivity contribution < 1.29 is 0 Å². The Morgan fingerprint density at radius 3 is 2.45 bits per heavy atom. The number of unbranched alkanes of at least 4 members (excludes halogenated alkanes) is 5. The standard InChI is InChI=1S/C18H28N4/c1-4-5-6-7-8-9-10-15-14(3)21-18-16(17(15)22-19)12-11-13(2)20-18/h11-12H,4-10,19H2,1-3H3,(H,20,21,22). The maximum atomic E-state index is 5.79. The van der Waals surface area contributed by atoms with Crippen LogP contribution in [0, 0.1) is 13.8 Å². The van der Waals surface area contributed by atoms with Gasteiger partial charge in [0, 0.05) is 16.8 Å². The van der Waals surface area contributed by atoms with E-state index in [2.05, 4.69) is 35.3 Å². The average molecular weight is 300 g/mol. The largest absolute Gasteiger partial charge is 0.323 e. The summed E-state index contributed by atoms with van der Waals surface area (Å²) >= 11 is 0. The fourth-order valence-corrected chi connectivity index (χ4v) is 2.95. The molecule has 0 aromatic carbocycles. The third-order valence-corrected chi connectivity index (χ3v) is 4.22. The number of rotatable bonds is 8. The van der Waals surface area contributed by atoms with Crippen LogP contribution in [0.2, 0.25) is 0 Å². The second-order valence-electron chi connectivity index (χ2n) is 6.04. The molecule has 22 heavy (non-hydrogen) atoms. The number of nitrogens with two attached hydrogens (primary N) is 1. The molecule has 4 nitrogen and oxygen atoms in total. The van der Waals surface area contributed by atoms with E-state index in [1.54, 1.807) is 0 Å². The van der Waals surface area contributed by atoms with Crippen molar-refractivity contribution in [1.82, 2.24) is 9.97 Å². The monoisotopic (exact) mass is 300 g/mol. The maximum absolute atomic E-state index is 5.79. The van der Waals surface area contributed by atoms with Gasteiger partial charge in [0.2, 0.25) is 0 Å². The predicted molar refractivity (Wildman–Crippen MR) is 93.9 cm³/mol. The van der Waals surface area contributed by atoms with Gasteiger partial charge in [0.1, 0.15) is 0 Å². The van der Waals surface area contributed by atoms with Crippen molar-refractivity contribution in [3.63, 3.8) is 0 Å².